The van der Waals surface area contributed by atoms with E-state index in [4.69, 9.17) is 9.47 Å². The molecule has 4 rings (SSSR count). The van der Waals surface area contributed by atoms with Crippen LogP contribution < -0.4 is 26.0 Å². The van der Waals surface area contributed by atoms with Crippen molar-refractivity contribution < 1.29 is 32.2 Å². The van der Waals surface area contributed by atoms with Crippen molar-refractivity contribution in [3.8, 4) is 5.75 Å². The average molecular weight is 551 g/mol. The predicted octanol–water partition coefficient (Wildman–Crippen LogP) is 4.02. The molecule has 2 amide bonds. The van der Waals surface area contributed by atoms with Crippen LogP contribution in [-0.2, 0) is 15.7 Å². The Hall–Kier alpha value is -3.61. The molecule has 2 fully saturated rings. The monoisotopic (exact) mass is 550 g/mol. The Morgan fingerprint density at radius 3 is 2.44 bits per heavy atom. The Morgan fingerprint density at radius 2 is 1.77 bits per heavy atom. The van der Waals surface area contributed by atoms with Crippen molar-refractivity contribution in [1.82, 2.24) is 20.6 Å². The summed E-state index contributed by atoms with van der Waals surface area (Å²) in [5.74, 6) is -0.675. The topological polar surface area (TPSA) is 127 Å². The summed E-state index contributed by atoms with van der Waals surface area (Å²) in [6, 6.07) is 4.00. The first-order valence-electron chi connectivity index (χ1n) is 13.0. The molecule has 39 heavy (non-hydrogen) atoms. The zero-order valence-electron chi connectivity index (χ0n) is 21.9. The van der Waals surface area contributed by atoms with Crippen LogP contribution in [0.1, 0.15) is 61.4 Å². The number of alkyl halides is 3. The minimum Gasteiger partial charge on any atom is -0.495 e. The Labute approximate surface area is 224 Å². The van der Waals surface area contributed by atoms with Crippen molar-refractivity contribution in [3.63, 3.8) is 0 Å². The lowest BCUT2D eigenvalue weighted by Gasteiger charge is -2.33. The Kier molecular flexibility index (Phi) is 9.10. The molecule has 2 atom stereocenters. The summed E-state index contributed by atoms with van der Waals surface area (Å²) in [5.41, 5.74) is -0.257. The molecular weight excluding hydrogens is 517 g/mol. The van der Waals surface area contributed by atoms with Gasteiger partial charge in [-0.1, -0.05) is 12.8 Å². The number of ether oxygens (including phenoxy) is 2. The number of rotatable bonds is 8. The second kappa shape index (κ2) is 12.5. The van der Waals surface area contributed by atoms with E-state index in [2.05, 4.69) is 31.2 Å². The van der Waals surface area contributed by atoms with E-state index in [9.17, 15) is 22.8 Å². The van der Waals surface area contributed by atoms with Crippen LogP contribution in [0.15, 0.2) is 24.4 Å². The summed E-state index contributed by atoms with van der Waals surface area (Å²) in [7, 11) is 1.42. The number of aromatic nitrogens is 2. The number of nitrogens with zero attached hydrogens (tertiary/aromatic N) is 2. The molecule has 0 unspecified atom stereocenters. The molecule has 1 aliphatic heterocycles. The summed E-state index contributed by atoms with van der Waals surface area (Å²) in [4.78, 5) is 32.4. The number of carbonyl (C=O) groups is 2. The second-order valence-electron chi connectivity index (χ2n) is 9.70. The fourth-order valence-electron chi connectivity index (χ4n) is 4.84. The maximum absolute atomic E-state index is 13.8. The van der Waals surface area contributed by atoms with Crippen LogP contribution >= 0.6 is 0 Å². The van der Waals surface area contributed by atoms with Gasteiger partial charge < -0.3 is 30.7 Å². The van der Waals surface area contributed by atoms with Crippen molar-refractivity contribution in [2.24, 2.45) is 0 Å². The van der Waals surface area contributed by atoms with Gasteiger partial charge in [0.15, 0.2) is 0 Å². The number of carbonyl (C=O) groups excluding carboxylic acids is 2. The van der Waals surface area contributed by atoms with Crippen molar-refractivity contribution >= 4 is 29.3 Å². The fraction of sp³-hybridized carbons (Fsp3) is 0.538. The van der Waals surface area contributed by atoms with Gasteiger partial charge in [-0.05, 0) is 43.9 Å². The highest BCUT2D eigenvalue weighted by atomic mass is 19.4. The molecule has 212 valence electrons. The maximum atomic E-state index is 13.8. The number of hydrogen-bond acceptors (Lipinski definition) is 8. The lowest BCUT2D eigenvalue weighted by molar-refractivity contribution is -0.137. The van der Waals surface area contributed by atoms with Crippen molar-refractivity contribution in [3.05, 3.63) is 35.5 Å². The van der Waals surface area contributed by atoms with E-state index in [1.54, 1.807) is 18.2 Å². The second-order valence-corrected chi connectivity index (χ2v) is 9.70. The zero-order chi connectivity index (χ0) is 28.0. The number of benzene rings is 1. The predicted molar refractivity (Wildman–Crippen MR) is 138 cm³/mol. The molecule has 0 radical (unpaired) electrons. The normalized spacial score (nSPS) is 20.1. The van der Waals surface area contributed by atoms with Gasteiger partial charge in [0.1, 0.15) is 17.1 Å². The highest BCUT2D eigenvalue weighted by molar-refractivity contribution is 5.95. The molecule has 2 aliphatic rings. The molecule has 13 heteroatoms. The third kappa shape index (κ3) is 7.49. The number of hydrogen-bond donors (Lipinski definition) is 4. The van der Waals surface area contributed by atoms with E-state index >= 15 is 0 Å². The lowest BCUT2D eigenvalue weighted by Crippen LogP contribution is -2.48. The molecule has 0 bridgehead atoms. The minimum absolute atomic E-state index is 0.0240. The Bertz CT molecular complexity index is 1170. The van der Waals surface area contributed by atoms with Gasteiger partial charge in [-0.3, -0.25) is 9.59 Å². The highest BCUT2D eigenvalue weighted by Crippen LogP contribution is 2.36. The first kappa shape index (κ1) is 28.4. The summed E-state index contributed by atoms with van der Waals surface area (Å²) in [5, 5.41) is 11.6. The smallest absolute Gasteiger partial charge is 0.421 e. The number of anilines is 3. The largest absolute Gasteiger partial charge is 0.495 e. The van der Waals surface area contributed by atoms with E-state index < -0.39 is 17.8 Å². The fourth-order valence-corrected chi connectivity index (χ4v) is 4.84. The van der Waals surface area contributed by atoms with E-state index in [1.165, 1.54) is 14.0 Å². The number of halogens is 3. The minimum atomic E-state index is -4.68. The maximum Gasteiger partial charge on any atom is 0.421 e. The summed E-state index contributed by atoms with van der Waals surface area (Å²) < 4.78 is 52.1. The molecule has 1 aromatic carbocycles. The molecule has 1 saturated carbocycles. The Morgan fingerprint density at radius 1 is 1.05 bits per heavy atom. The SMILES string of the molecule is COc1cc(C(=O)NC2CCOCC2)ccc1Nc1ncc(C(F)(F)F)c(N[C@@H]2CCCC[C@H]2NC(C)=O)n1. The van der Waals surface area contributed by atoms with Gasteiger partial charge >= 0.3 is 6.18 Å². The standard InChI is InChI=1S/C26H33F3N6O4/c1-15(36)31-19-5-3-4-6-20(19)33-23-18(26(27,28)29)14-30-25(35-23)34-21-8-7-16(13-22(21)38-2)24(37)32-17-9-11-39-12-10-17/h7-8,13-14,17,19-20H,3-6,9-12H2,1-2H3,(H,31,36)(H,32,37)(H2,30,33,34,35)/t19-,20-/m1/s1. The van der Waals surface area contributed by atoms with Gasteiger partial charge in [0.25, 0.3) is 5.91 Å². The Balaban J connectivity index is 1.54. The molecule has 0 spiro atoms. The van der Waals surface area contributed by atoms with Gasteiger partial charge in [-0.2, -0.15) is 18.2 Å². The zero-order valence-corrected chi connectivity index (χ0v) is 21.9. The van der Waals surface area contributed by atoms with Crippen LogP contribution in [-0.4, -0.2) is 60.2 Å². The quantitative estimate of drug-likeness (QED) is 0.388. The van der Waals surface area contributed by atoms with Crippen LogP contribution in [0, 0.1) is 0 Å². The first-order chi connectivity index (χ1) is 18.6. The summed E-state index contributed by atoms with van der Waals surface area (Å²) in [6.07, 6.45) is 0.422. The molecule has 2 heterocycles. The number of amides is 2. The first-order valence-corrected chi connectivity index (χ1v) is 13.0. The van der Waals surface area contributed by atoms with Crippen molar-refractivity contribution in [2.75, 3.05) is 31.0 Å². The van der Waals surface area contributed by atoms with E-state index in [-0.39, 0.29) is 35.7 Å². The van der Waals surface area contributed by atoms with Crippen molar-refractivity contribution in [2.45, 2.75) is 69.8 Å². The molecule has 10 nitrogen and oxygen atoms in total. The molecule has 2 aromatic rings. The number of nitrogens with one attached hydrogen (secondary N) is 4. The van der Waals surface area contributed by atoms with Crippen LogP contribution in [0.3, 0.4) is 0 Å². The molecule has 1 aromatic heterocycles. The third-order valence-electron chi connectivity index (χ3n) is 6.84. The van der Waals surface area contributed by atoms with E-state index in [0.717, 1.165) is 31.9 Å². The number of methoxy groups -OCH3 is 1. The van der Waals surface area contributed by atoms with Gasteiger partial charge in [-0.15, -0.1) is 0 Å². The third-order valence-corrected chi connectivity index (χ3v) is 6.84. The lowest BCUT2D eigenvalue weighted by atomic mass is 9.90. The molecular formula is C26H33F3N6O4. The highest BCUT2D eigenvalue weighted by Gasteiger charge is 2.37. The summed E-state index contributed by atoms with van der Waals surface area (Å²) in [6.45, 7) is 2.57. The molecule has 1 aliphatic carbocycles. The van der Waals surface area contributed by atoms with E-state index in [0.29, 0.717) is 43.1 Å². The van der Waals surface area contributed by atoms with Gasteiger partial charge in [0.2, 0.25) is 11.9 Å². The van der Waals surface area contributed by atoms with Crippen LogP contribution in [0.4, 0.5) is 30.6 Å². The molecule has 1 saturated heterocycles. The van der Waals surface area contributed by atoms with Gasteiger partial charge in [-0.25, -0.2) is 4.98 Å². The van der Waals surface area contributed by atoms with Crippen LogP contribution in [0.2, 0.25) is 0 Å². The van der Waals surface area contributed by atoms with E-state index in [1.807, 2.05) is 0 Å². The average Bonchev–Trinajstić information content (AvgIpc) is 2.90. The molecule has 4 N–H and O–H groups in total. The van der Waals surface area contributed by atoms with Crippen LogP contribution in [0.5, 0.6) is 5.75 Å². The van der Waals surface area contributed by atoms with Gasteiger partial charge in [0, 0.05) is 50.0 Å². The van der Waals surface area contributed by atoms with Crippen molar-refractivity contribution in [1.29, 1.82) is 0 Å². The van der Waals surface area contributed by atoms with Gasteiger partial charge in [0.05, 0.1) is 12.8 Å². The van der Waals surface area contributed by atoms with Crippen LogP contribution in [0.25, 0.3) is 0 Å². The summed E-state index contributed by atoms with van der Waals surface area (Å²) >= 11 is 0.